The van der Waals surface area contributed by atoms with Crippen LogP contribution in [0.15, 0.2) is 188 Å². The largest absolute Gasteiger partial charge is 0.265 e. The van der Waals surface area contributed by atoms with E-state index in [9.17, 15) is 0 Å². The first kappa shape index (κ1) is 39.8. The van der Waals surface area contributed by atoms with Gasteiger partial charge in [0.15, 0.2) is 34.9 Å². The van der Waals surface area contributed by atoms with Gasteiger partial charge in [0.25, 0.3) is 0 Å². The molecule has 0 spiro atoms. The number of hydrogen-bond donors (Lipinski definition) is 0. The van der Waals surface area contributed by atoms with Crippen molar-refractivity contribution in [2.45, 2.75) is 27.7 Å². The van der Waals surface area contributed by atoms with Crippen LogP contribution in [0.3, 0.4) is 0 Å². The van der Waals surface area contributed by atoms with Gasteiger partial charge in [0.05, 0.1) is 0 Å². The molecular formula is C57H43N7. The van der Waals surface area contributed by atoms with Crippen molar-refractivity contribution in [3.63, 3.8) is 0 Å². The average molecular weight is 826 g/mol. The number of rotatable bonds is 9. The lowest BCUT2D eigenvalue weighted by Crippen LogP contribution is -2.02. The lowest BCUT2D eigenvalue weighted by Gasteiger charge is -2.16. The van der Waals surface area contributed by atoms with E-state index in [-0.39, 0.29) is 0 Å². The third-order valence-electron chi connectivity index (χ3n) is 11.5. The molecule has 0 aliphatic rings. The van der Waals surface area contributed by atoms with E-state index in [1.165, 1.54) is 0 Å². The Kier molecular flexibility index (Phi) is 10.7. The van der Waals surface area contributed by atoms with Gasteiger partial charge >= 0.3 is 0 Å². The summed E-state index contributed by atoms with van der Waals surface area (Å²) in [7, 11) is 0. The SMILES string of the molecule is Cc1cccc(-c2nc(-c3cccc(C)c3)nc(-c3cccc(-c4cc(-c5ccccc5-c5nc(-c6ccccc6C)nc(-c6ccccc6C)n5)ccc4-c4ccncc4)c3)n2)c1. The Bertz CT molecular complexity index is 3210. The first-order valence-corrected chi connectivity index (χ1v) is 21.4. The maximum Gasteiger partial charge on any atom is 0.164 e. The van der Waals surface area contributed by atoms with Crippen LogP contribution in [0.2, 0.25) is 0 Å². The van der Waals surface area contributed by atoms with Crippen molar-refractivity contribution in [1.29, 1.82) is 0 Å². The zero-order valence-corrected chi connectivity index (χ0v) is 36.0. The van der Waals surface area contributed by atoms with Crippen LogP contribution in [0.4, 0.5) is 0 Å². The molecule has 0 aliphatic carbocycles. The molecule has 0 unspecified atom stereocenters. The Hall–Kier alpha value is -8.29. The summed E-state index contributed by atoms with van der Waals surface area (Å²) in [6.07, 6.45) is 3.67. The highest BCUT2D eigenvalue weighted by atomic mass is 15.0. The second-order valence-corrected chi connectivity index (χ2v) is 16.1. The van der Waals surface area contributed by atoms with E-state index in [1.807, 2.05) is 54.9 Å². The van der Waals surface area contributed by atoms with Gasteiger partial charge in [0.1, 0.15) is 0 Å². The van der Waals surface area contributed by atoms with Crippen molar-refractivity contribution in [2.24, 2.45) is 0 Å². The minimum atomic E-state index is 0.598. The van der Waals surface area contributed by atoms with Gasteiger partial charge in [-0.1, -0.05) is 151 Å². The highest BCUT2D eigenvalue weighted by Gasteiger charge is 2.20. The minimum Gasteiger partial charge on any atom is -0.265 e. The van der Waals surface area contributed by atoms with E-state index in [4.69, 9.17) is 29.9 Å². The molecule has 0 amide bonds. The Morgan fingerprint density at radius 3 is 1.19 bits per heavy atom. The van der Waals surface area contributed by atoms with Crippen LogP contribution in [0.5, 0.6) is 0 Å². The maximum absolute atomic E-state index is 5.19. The fourth-order valence-electron chi connectivity index (χ4n) is 8.21. The lowest BCUT2D eigenvalue weighted by atomic mass is 9.89. The van der Waals surface area contributed by atoms with Gasteiger partial charge < -0.3 is 0 Å². The molecule has 0 N–H and O–H groups in total. The number of benzene rings is 7. The Balaban J connectivity index is 1.14. The summed E-state index contributed by atoms with van der Waals surface area (Å²) in [4.78, 5) is 35.0. The summed E-state index contributed by atoms with van der Waals surface area (Å²) in [6.45, 7) is 8.35. The number of aryl methyl sites for hydroxylation is 4. The quantitative estimate of drug-likeness (QED) is 0.143. The van der Waals surface area contributed by atoms with Crippen molar-refractivity contribution in [3.05, 3.63) is 211 Å². The van der Waals surface area contributed by atoms with Crippen molar-refractivity contribution >= 4 is 0 Å². The van der Waals surface area contributed by atoms with Crippen molar-refractivity contribution in [2.75, 3.05) is 0 Å². The molecule has 3 aromatic heterocycles. The maximum atomic E-state index is 5.19. The number of nitrogens with zero attached hydrogens (tertiary/aromatic N) is 7. The summed E-state index contributed by atoms with van der Waals surface area (Å²) < 4.78 is 0. The Labute approximate surface area is 373 Å². The molecule has 64 heavy (non-hydrogen) atoms. The van der Waals surface area contributed by atoms with Gasteiger partial charge in [-0.05, 0) is 109 Å². The molecule has 0 radical (unpaired) electrons. The van der Waals surface area contributed by atoms with Gasteiger partial charge in [0, 0.05) is 45.8 Å². The molecule has 7 heteroatoms. The van der Waals surface area contributed by atoms with Crippen LogP contribution in [0.25, 0.3) is 102 Å². The molecule has 0 fully saturated rings. The van der Waals surface area contributed by atoms with Gasteiger partial charge in [-0.25, -0.2) is 29.9 Å². The third-order valence-corrected chi connectivity index (χ3v) is 11.5. The highest BCUT2D eigenvalue weighted by molar-refractivity contribution is 5.91. The summed E-state index contributed by atoms with van der Waals surface area (Å²) >= 11 is 0. The fraction of sp³-hybridized carbons (Fsp3) is 0.0702. The molecule has 7 aromatic carbocycles. The lowest BCUT2D eigenvalue weighted by molar-refractivity contribution is 1.07. The molecule has 10 rings (SSSR count). The van der Waals surface area contributed by atoms with Crippen LogP contribution >= 0.6 is 0 Å². The topological polar surface area (TPSA) is 90.2 Å². The number of aromatic nitrogens is 7. The molecule has 0 bridgehead atoms. The highest BCUT2D eigenvalue weighted by Crippen LogP contribution is 2.40. The molecule has 7 nitrogen and oxygen atoms in total. The standard InChI is InChI=1S/C57H43N7/c1-36-14-11-19-43(32-36)52-59-53(44-20-12-15-37(2)33-44)61-54(60-52)45-21-13-18-41(34-45)51-35-42(26-27-49(51)40-28-30-58-31-29-40)48-24-9-10-25-50(48)57-63-55(46-22-7-5-16-38(46)3)62-56(64-57)47-23-8-6-17-39(47)4/h5-35H,1-4H3. The second kappa shape index (κ2) is 17.2. The van der Waals surface area contributed by atoms with Crippen LogP contribution in [0.1, 0.15) is 22.3 Å². The minimum absolute atomic E-state index is 0.598. The first-order valence-electron chi connectivity index (χ1n) is 21.4. The van der Waals surface area contributed by atoms with Crippen molar-refractivity contribution in [3.8, 4) is 102 Å². The van der Waals surface area contributed by atoms with Gasteiger partial charge in [-0.3, -0.25) is 4.98 Å². The number of pyridine rings is 1. The molecule has 0 saturated carbocycles. The van der Waals surface area contributed by atoms with E-state index < -0.39 is 0 Å². The van der Waals surface area contributed by atoms with E-state index in [1.54, 1.807) is 0 Å². The molecule has 0 aliphatic heterocycles. The summed E-state index contributed by atoms with van der Waals surface area (Å²) in [6, 6.07) is 60.6. The molecule has 0 saturated heterocycles. The van der Waals surface area contributed by atoms with Crippen LogP contribution in [0, 0.1) is 27.7 Å². The summed E-state index contributed by atoms with van der Waals surface area (Å²) in [5.41, 5.74) is 16.3. The zero-order valence-electron chi connectivity index (χ0n) is 36.0. The van der Waals surface area contributed by atoms with E-state index in [2.05, 4.69) is 166 Å². The molecule has 10 aromatic rings. The predicted octanol–water partition coefficient (Wildman–Crippen LogP) is 13.7. The average Bonchev–Trinajstić information content (AvgIpc) is 3.34. The van der Waals surface area contributed by atoms with E-state index >= 15 is 0 Å². The fourth-order valence-corrected chi connectivity index (χ4v) is 8.21. The smallest absolute Gasteiger partial charge is 0.164 e. The molecule has 0 atom stereocenters. The predicted molar refractivity (Wildman–Crippen MR) is 259 cm³/mol. The van der Waals surface area contributed by atoms with Gasteiger partial charge in [-0.2, -0.15) is 0 Å². The molecule has 306 valence electrons. The van der Waals surface area contributed by atoms with Crippen molar-refractivity contribution < 1.29 is 0 Å². The van der Waals surface area contributed by atoms with E-state index in [0.717, 1.165) is 89.0 Å². The number of hydrogen-bond acceptors (Lipinski definition) is 7. The normalized spacial score (nSPS) is 11.1. The van der Waals surface area contributed by atoms with Gasteiger partial charge in [-0.15, -0.1) is 0 Å². The van der Waals surface area contributed by atoms with Crippen molar-refractivity contribution in [1.82, 2.24) is 34.9 Å². The molecule has 3 heterocycles. The Morgan fingerprint density at radius 2 is 0.656 bits per heavy atom. The monoisotopic (exact) mass is 825 g/mol. The van der Waals surface area contributed by atoms with Gasteiger partial charge in [0.2, 0.25) is 0 Å². The summed E-state index contributed by atoms with van der Waals surface area (Å²) in [5, 5.41) is 0. The third kappa shape index (κ3) is 8.10. The van der Waals surface area contributed by atoms with Crippen LogP contribution in [-0.2, 0) is 0 Å². The summed E-state index contributed by atoms with van der Waals surface area (Å²) in [5.74, 6) is 3.72. The Morgan fingerprint density at radius 1 is 0.250 bits per heavy atom. The zero-order chi connectivity index (χ0) is 43.6. The van der Waals surface area contributed by atoms with Crippen LogP contribution < -0.4 is 0 Å². The molecular weight excluding hydrogens is 783 g/mol. The first-order chi connectivity index (χ1) is 31.3. The van der Waals surface area contributed by atoms with E-state index in [0.29, 0.717) is 34.9 Å². The second-order valence-electron chi connectivity index (χ2n) is 16.1. The van der Waals surface area contributed by atoms with Crippen LogP contribution in [-0.4, -0.2) is 34.9 Å².